The first-order chi connectivity index (χ1) is 7.20. The summed E-state index contributed by atoms with van der Waals surface area (Å²) in [4.78, 5) is 12.7. The van der Waals surface area contributed by atoms with Gasteiger partial charge in [0.1, 0.15) is 12.5 Å². The molecule has 4 heteroatoms. The second-order valence-electron chi connectivity index (χ2n) is 3.63. The monoisotopic (exact) mass is 211 g/mol. The van der Waals surface area contributed by atoms with E-state index in [1.165, 1.54) is 12.1 Å². The maximum absolute atomic E-state index is 13.5. The zero-order chi connectivity index (χ0) is 10.8. The van der Waals surface area contributed by atoms with Crippen LogP contribution >= 0.6 is 0 Å². The largest absolute Gasteiger partial charge is 0.361 e. The van der Waals surface area contributed by atoms with Gasteiger partial charge >= 0.3 is 0 Å². The van der Waals surface area contributed by atoms with E-state index in [-0.39, 0.29) is 12.3 Å². The molecule has 15 heavy (non-hydrogen) atoms. The maximum atomic E-state index is 13.5. The fourth-order valence-corrected chi connectivity index (χ4v) is 1.73. The number of Topliss-reactive ketones (excluding diaryl/α,β-unsaturated/α-hetero) is 1. The van der Waals surface area contributed by atoms with Crippen LogP contribution in [0.3, 0.4) is 0 Å². The number of ketones is 1. The summed E-state index contributed by atoms with van der Waals surface area (Å²) in [6, 6.07) is 4.25. The molecule has 2 nitrogen and oxygen atoms in total. The van der Waals surface area contributed by atoms with E-state index in [4.69, 9.17) is 0 Å². The Kier molecular flexibility index (Phi) is 2.66. The van der Waals surface area contributed by atoms with Crippen molar-refractivity contribution in [3.8, 4) is 0 Å². The molecule has 0 N–H and O–H groups in total. The Bertz CT molecular complexity index is 392. The average Bonchev–Trinajstić information content (AvgIpc) is 2.64. The van der Waals surface area contributed by atoms with E-state index in [2.05, 4.69) is 0 Å². The summed E-state index contributed by atoms with van der Waals surface area (Å²) in [5, 5.41) is 0. The van der Waals surface area contributed by atoms with Crippen molar-refractivity contribution in [2.24, 2.45) is 0 Å². The summed E-state index contributed by atoms with van der Waals surface area (Å²) in [6.45, 7) is 0.132. The van der Waals surface area contributed by atoms with Crippen LogP contribution in [0.4, 0.5) is 14.5 Å². The first kappa shape index (κ1) is 10.1. The second kappa shape index (κ2) is 3.96. The lowest BCUT2D eigenvalue weighted by Crippen LogP contribution is -2.20. The molecule has 0 saturated carbocycles. The Hall–Kier alpha value is -1.45. The van der Waals surface area contributed by atoms with Crippen molar-refractivity contribution >= 4 is 11.5 Å². The van der Waals surface area contributed by atoms with Gasteiger partial charge in [0, 0.05) is 13.0 Å². The average molecular weight is 211 g/mol. The molecule has 0 unspecified atom stereocenters. The highest BCUT2D eigenvalue weighted by molar-refractivity contribution is 5.87. The van der Waals surface area contributed by atoms with Gasteiger partial charge in [-0.15, -0.1) is 0 Å². The molecule has 1 aromatic rings. The van der Waals surface area contributed by atoms with Crippen LogP contribution in [0.2, 0.25) is 0 Å². The van der Waals surface area contributed by atoms with Gasteiger partial charge in [-0.1, -0.05) is 6.07 Å². The highest BCUT2D eigenvalue weighted by Gasteiger charge is 2.21. The molecular weight excluding hydrogens is 200 g/mol. The van der Waals surface area contributed by atoms with Crippen LogP contribution in [0.15, 0.2) is 18.2 Å². The van der Waals surface area contributed by atoms with Crippen LogP contribution in [0.1, 0.15) is 12.0 Å². The third kappa shape index (κ3) is 1.98. The van der Waals surface area contributed by atoms with Crippen LogP contribution < -0.4 is 4.90 Å². The highest BCUT2D eigenvalue weighted by Crippen LogP contribution is 2.23. The zero-order valence-electron chi connectivity index (χ0n) is 8.17. The second-order valence-corrected chi connectivity index (χ2v) is 3.63. The van der Waals surface area contributed by atoms with Crippen molar-refractivity contribution in [2.75, 3.05) is 18.0 Å². The van der Waals surface area contributed by atoms with Crippen LogP contribution in [-0.4, -0.2) is 18.9 Å². The molecule has 80 valence electrons. The molecule has 1 aromatic carbocycles. The Morgan fingerprint density at radius 1 is 1.40 bits per heavy atom. The maximum Gasteiger partial charge on any atom is 0.153 e. The Balaban J connectivity index is 2.25. The van der Waals surface area contributed by atoms with Crippen LogP contribution in [0, 0.1) is 5.82 Å². The lowest BCUT2D eigenvalue weighted by atomic mass is 10.2. The summed E-state index contributed by atoms with van der Waals surface area (Å²) in [5.74, 6) is -0.344. The first-order valence-corrected chi connectivity index (χ1v) is 4.82. The SMILES string of the molecule is O=C1CCN(c2ccc(CF)cc2F)C1. The number of halogens is 2. The Labute approximate surface area is 86.5 Å². The lowest BCUT2D eigenvalue weighted by molar-refractivity contribution is -0.116. The highest BCUT2D eigenvalue weighted by atomic mass is 19.1. The molecule has 0 bridgehead atoms. The van der Waals surface area contributed by atoms with Gasteiger partial charge < -0.3 is 4.90 Å². The third-order valence-electron chi connectivity index (χ3n) is 2.53. The molecule has 1 aliphatic heterocycles. The van der Waals surface area contributed by atoms with Crippen molar-refractivity contribution < 1.29 is 13.6 Å². The molecule has 2 rings (SSSR count). The smallest absolute Gasteiger partial charge is 0.153 e. The molecule has 0 aromatic heterocycles. The quantitative estimate of drug-likeness (QED) is 0.746. The number of carbonyl (C=O) groups is 1. The van der Waals surface area contributed by atoms with Gasteiger partial charge in [0.05, 0.1) is 12.2 Å². The van der Waals surface area contributed by atoms with Gasteiger partial charge in [-0.3, -0.25) is 4.79 Å². The minimum Gasteiger partial charge on any atom is -0.361 e. The van der Waals surface area contributed by atoms with E-state index in [0.29, 0.717) is 24.2 Å². The summed E-state index contributed by atoms with van der Waals surface area (Å²) in [5.41, 5.74) is 0.708. The molecule has 1 heterocycles. The number of alkyl halides is 1. The first-order valence-electron chi connectivity index (χ1n) is 4.82. The van der Waals surface area contributed by atoms with Gasteiger partial charge in [0.15, 0.2) is 5.78 Å². The van der Waals surface area contributed by atoms with E-state index >= 15 is 0 Å². The predicted octanol–water partition coefficient (Wildman–Crippen LogP) is 2.07. The van der Waals surface area contributed by atoms with Crippen molar-refractivity contribution in [3.63, 3.8) is 0 Å². The summed E-state index contributed by atoms with van der Waals surface area (Å²) < 4.78 is 25.7. The molecule has 0 spiro atoms. The van der Waals surface area contributed by atoms with E-state index in [0.717, 1.165) is 0 Å². The number of anilines is 1. The normalized spacial score (nSPS) is 16.1. The molecular formula is C11H11F2NO. The molecule has 0 atom stereocenters. The van der Waals surface area contributed by atoms with Gasteiger partial charge in [-0.25, -0.2) is 8.78 Å². The van der Waals surface area contributed by atoms with E-state index in [1.54, 1.807) is 11.0 Å². The number of hydrogen-bond donors (Lipinski definition) is 0. The van der Waals surface area contributed by atoms with Gasteiger partial charge in [0.2, 0.25) is 0 Å². The number of rotatable bonds is 2. The number of hydrogen-bond acceptors (Lipinski definition) is 2. The predicted molar refractivity (Wildman–Crippen MR) is 53.0 cm³/mol. The van der Waals surface area contributed by atoms with Crippen LogP contribution in [0.25, 0.3) is 0 Å². The minimum absolute atomic E-state index is 0.115. The molecule has 1 fully saturated rings. The molecule has 0 amide bonds. The number of nitrogens with zero attached hydrogens (tertiary/aromatic N) is 1. The molecule has 1 saturated heterocycles. The van der Waals surface area contributed by atoms with E-state index in [9.17, 15) is 13.6 Å². The van der Waals surface area contributed by atoms with Gasteiger partial charge in [0.25, 0.3) is 0 Å². The van der Waals surface area contributed by atoms with Gasteiger partial charge in [-0.2, -0.15) is 0 Å². The van der Waals surface area contributed by atoms with E-state index < -0.39 is 12.5 Å². The summed E-state index contributed by atoms with van der Waals surface area (Å²) in [7, 11) is 0. The fourth-order valence-electron chi connectivity index (χ4n) is 1.73. The topological polar surface area (TPSA) is 20.3 Å². The number of carbonyl (C=O) groups excluding carboxylic acids is 1. The van der Waals surface area contributed by atoms with Crippen LogP contribution in [-0.2, 0) is 11.5 Å². The molecule has 1 aliphatic rings. The summed E-state index contributed by atoms with van der Waals surface area (Å²) in [6.07, 6.45) is 0.463. The van der Waals surface area contributed by atoms with Crippen molar-refractivity contribution in [1.29, 1.82) is 0 Å². The molecule has 0 aliphatic carbocycles. The van der Waals surface area contributed by atoms with Crippen molar-refractivity contribution in [1.82, 2.24) is 0 Å². The fraction of sp³-hybridized carbons (Fsp3) is 0.364. The van der Waals surface area contributed by atoms with Gasteiger partial charge in [-0.05, 0) is 17.7 Å². The Morgan fingerprint density at radius 3 is 2.73 bits per heavy atom. The van der Waals surface area contributed by atoms with E-state index in [1.807, 2.05) is 0 Å². The minimum atomic E-state index is -0.671. The summed E-state index contributed by atoms with van der Waals surface area (Å²) >= 11 is 0. The van der Waals surface area contributed by atoms with Crippen LogP contribution in [0.5, 0.6) is 0 Å². The standard InChI is InChI=1S/C11H11F2NO/c12-6-8-1-2-11(10(13)5-8)14-4-3-9(15)7-14/h1-2,5H,3-4,6-7H2. The number of benzene rings is 1. The third-order valence-corrected chi connectivity index (χ3v) is 2.53. The Morgan fingerprint density at radius 2 is 2.20 bits per heavy atom. The van der Waals surface area contributed by atoms with Crippen molar-refractivity contribution in [3.05, 3.63) is 29.6 Å². The van der Waals surface area contributed by atoms with Crippen molar-refractivity contribution in [2.45, 2.75) is 13.1 Å². The zero-order valence-corrected chi connectivity index (χ0v) is 8.17. The lowest BCUT2D eigenvalue weighted by Gasteiger charge is -2.17. The molecule has 0 radical (unpaired) electrons.